The molecule has 1 aromatic heterocycles. The predicted molar refractivity (Wildman–Crippen MR) is 99.3 cm³/mol. The lowest BCUT2D eigenvalue weighted by Crippen LogP contribution is -2.34. The minimum Gasteiger partial charge on any atom is -0.465 e. The van der Waals surface area contributed by atoms with Crippen LogP contribution in [0.1, 0.15) is 40.2 Å². The Morgan fingerprint density at radius 2 is 2.12 bits per heavy atom. The van der Waals surface area contributed by atoms with Crippen LogP contribution in [-0.2, 0) is 20.7 Å². The molecule has 3 rings (SSSR count). The van der Waals surface area contributed by atoms with Gasteiger partial charge in [-0.05, 0) is 41.6 Å². The normalized spacial score (nSPS) is 13.8. The van der Waals surface area contributed by atoms with E-state index in [-0.39, 0.29) is 30.2 Å². The summed E-state index contributed by atoms with van der Waals surface area (Å²) >= 11 is 1.51. The van der Waals surface area contributed by atoms with Gasteiger partial charge in [0, 0.05) is 24.0 Å². The number of benzene rings is 1. The van der Waals surface area contributed by atoms with Gasteiger partial charge in [-0.3, -0.25) is 9.59 Å². The van der Waals surface area contributed by atoms with E-state index in [1.807, 2.05) is 17.5 Å². The van der Waals surface area contributed by atoms with E-state index in [0.29, 0.717) is 18.5 Å². The SMILES string of the molecule is COC(=O)c1ccc2c(c1)CCN2C(=O)C[C@@H](NC(C)=O)c1cccs1. The highest BCUT2D eigenvalue weighted by atomic mass is 32.1. The number of anilines is 1. The lowest BCUT2D eigenvalue weighted by Gasteiger charge is -2.22. The average molecular weight is 372 g/mol. The Morgan fingerprint density at radius 1 is 1.31 bits per heavy atom. The van der Waals surface area contributed by atoms with Crippen LogP contribution in [0.15, 0.2) is 35.7 Å². The number of methoxy groups -OCH3 is 1. The molecule has 2 heterocycles. The summed E-state index contributed by atoms with van der Waals surface area (Å²) in [6, 6.07) is 8.71. The Balaban J connectivity index is 1.77. The first-order valence-electron chi connectivity index (χ1n) is 8.31. The Morgan fingerprint density at radius 3 is 2.77 bits per heavy atom. The van der Waals surface area contributed by atoms with Crippen molar-refractivity contribution in [2.75, 3.05) is 18.6 Å². The summed E-state index contributed by atoms with van der Waals surface area (Å²) in [7, 11) is 1.35. The van der Waals surface area contributed by atoms with Crippen LogP contribution in [-0.4, -0.2) is 31.4 Å². The van der Waals surface area contributed by atoms with Crippen molar-refractivity contribution in [3.63, 3.8) is 0 Å². The van der Waals surface area contributed by atoms with E-state index in [1.54, 1.807) is 23.1 Å². The fraction of sp³-hybridized carbons (Fsp3) is 0.316. The molecule has 1 N–H and O–H groups in total. The highest BCUT2D eigenvalue weighted by Gasteiger charge is 2.28. The van der Waals surface area contributed by atoms with Crippen molar-refractivity contribution in [1.29, 1.82) is 0 Å². The van der Waals surface area contributed by atoms with Crippen molar-refractivity contribution in [3.8, 4) is 0 Å². The number of hydrogen-bond donors (Lipinski definition) is 1. The number of hydrogen-bond acceptors (Lipinski definition) is 5. The van der Waals surface area contributed by atoms with Gasteiger partial charge >= 0.3 is 5.97 Å². The molecule has 0 fully saturated rings. The molecule has 0 bridgehead atoms. The van der Waals surface area contributed by atoms with Crippen LogP contribution in [0.2, 0.25) is 0 Å². The van der Waals surface area contributed by atoms with Crippen molar-refractivity contribution in [3.05, 3.63) is 51.7 Å². The topological polar surface area (TPSA) is 75.7 Å². The summed E-state index contributed by atoms with van der Waals surface area (Å²) in [6.07, 6.45) is 0.883. The molecule has 1 aliphatic rings. The third kappa shape index (κ3) is 3.77. The molecule has 2 amide bonds. The van der Waals surface area contributed by atoms with Crippen LogP contribution in [0.4, 0.5) is 5.69 Å². The Labute approximate surface area is 155 Å². The van der Waals surface area contributed by atoms with Gasteiger partial charge in [-0.2, -0.15) is 0 Å². The number of carbonyl (C=O) groups excluding carboxylic acids is 3. The largest absolute Gasteiger partial charge is 0.465 e. The molecule has 1 aliphatic heterocycles. The van der Waals surface area contributed by atoms with Crippen LogP contribution in [0.3, 0.4) is 0 Å². The molecule has 26 heavy (non-hydrogen) atoms. The van der Waals surface area contributed by atoms with Gasteiger partial charge in [0.1, 0.15) is 0 Å². The van der Waals surface area contributed by atoms with Gasteiger partial charge in [0.05, 0.1) is 25.1 Å². The van der Waals surface area contributed by atoms with Crippen LogP contribution in [0.25, 0.3) is 0 Å². The smallest absolute Gasteiger partial charge is 0.337 e. The average Bonchev–Trinajstić information content (AvgIpc) is 3.29. The zero-order valence-corrected chi connectivity index (χ0v) is 15.5. The van der Waals surface area contributed by atoms with Gasteiger partial charge in [0.15, 0.2) is 0 Å². The molecule has 2 aromatic rings. The molecule has 6 nitrogen and oxygen atoms in total. The minimum absolute atomic E-state index is 0.0540. The number of fused-ring (bicyclic) bond motifs is 1. The van der Waals surface area contributed by atoms with Crippen LogP contribution in [0.5, 0.6) is 0 Å². The fourth-order valence-electron chi connectivity index (χ4n) is 3.15. The van der Waals surface area contributed by atoms with Crippen LogP contribution >= 0.6 is 11.3 Å². The van der Waals surface area contributed by atoms with Gasteiger partial charge in [0.25, 0.3) is 0 Å². The summed E-state index contributed by atoms with van der Waals surface area (Å²) in [5.74, 6) is -0.608. The summed E-state index contributed by atoms with van der Waals surface area (Å²) in [6.45, 7) is 2.01. The molecule has 0 saturated carbocycles. The standard InChI is InChI=1S/C19H20N2O4S/c1-12(22)20-15(17-4-3-9-26-17)11-18(23)21-8-7-13-10-14(19(24)25-2)5-6-16(13)21/h3-6,9-10,15H,7-8,11H2,1-2H3,(H,20,22)/t15-/m1/s1. The predicted octanol–water partition coefficient (Wildman–Crippen LogP) is 2.69. The zero-order chi connectivity index (χ0) is 18.7. The Hall–Kier alpha value is -2.67. The first kappa shape index (κ1) is 18.1. The van der Waals surface area contributed by atoms with Crippen LogP contribution < -0.4 is 10.2 Å². The number of carbonyl (C=O) groups is 3. The third-order valence-corrected chi connectivity index (χ3v) is 5.33. The second-order valence-corrected chi connectivity index (χ2v) is 7.08. The second kappa shape index (κ2) is 7.70. The number of nitrogens with one attached hydrogen (secondary N) is 1. The summed E-state index contributed by atoms with van der Waals surface area (Å²) in [4.78, 5) is 38.7. The molecule has 0 radical (unpaired) electrons. The molecule has 7 heteroatoms. The van der Waals surface area contributed by atoms with E-state index in [1.165, 1.54) is 25.4 Å². The zero-order valence-electron chi connectivity index (χ0n) is 14.7. The highest BCUT2D eigenvalue weighted by molar-refractivity contribution is 7.10. The van der Waals surface area contributed by atoms with Gasteiger partial charge in [-0.1, -0.05) is 6.07 Å². The molecular formula is C19H20N2O4S. The van der Waals surface area contributed by atoms with Gasteiger partial charge in [-0.25, -0.2) is 4.79 Å². The van der Waals surface area contributed by atoms with E-state index >= 15 is 0 Å². The monoisotopic (exact) mass is 372 g/mol. The van der Waals surface area contributed by atoms with E-state index in [4.69, 9.17) is 4.74 Å². The van der Waals surface area contributed by atoms with E-state index in [2.05, 4.69) is 5.32 Å². The van der Waals surface area contributed by atoms with Crippen molar-refractivity contribution in [1.82, 2.24) is 5.32 Å². The molecule has 0 spiro atoms. The highest BCUT2D eigenvalue weighted by Crippen LogP contribution is 2.31. The van der Waals surface area contributed by atoms with E-state index in [9.17, 15) is 14.4 Å². The fourth-order valence-corrected chi connectivity index (χ4v) is 3.93. The Kier molecular flexibility index (Phi) is 5.37. The first-order valence-corrected chi connectivity index (χ1v) is 9.19. The molecule has 0 unspecified atom stereocenters. The molecule has 1 atom stereocenters. The van der Waals surface area contributed by atoms with Crippen molar-refractivity contribution in [2.45, 2.75) is 25.8 Å². The molecular weight excluding hydrogens is 352 g/mol. The minimum atomic E-state index is -0.388. The number of rotatable bonds is 5. The maximum atomic E-state index is 12.9. The van der Waals surface area contributed by atoms with Crippen molar-refractivity contribution >= 4 is 34.8 Å². The number of ether oxygens (including phenoxy) is 1. The molecule has 1 aromatic carbocycles. The molecule has 0 aliphatic carbocycles. The summed E-state index contributed by atoms with van der Waals surface area (Å²) in [5.41, 5.74) is 2.25. The van der Waals surface area contributed by atoms with Gasteiger partial charge in [0.2, 0.25) is 11.8 Å². The van der Waals surface area contributed by atoms with E-state index in [0.717, 1.165) is 16.1 Å². The summed E-state index contributed by atoms with van der Waals surface area (Å²) < 4.78 is 4.74. The van der Waals surface area contributed by atoms with E-state index < -0.39 is 0 Å². The number of esters is 1. The second-order valence-electron chi connectivity index (χ2n) is 6.10. The Bertz CT molecular complexity index is 832. The molecule has 136 valence electrons. The third-order valence-electron chi connectivity index (χ3n) is 4.34. The maximum Gasteiger partial charge on any atom is 0.337 e. The quantitative estimate of drug-likeness (QED) is 0.819. The van der Waals surface area contributed by atoms with Crippen molar-refractivity contribution < 1.29 is 19.1 Å². The maximum absolute atomic E-state index is 12.9. The van der Waals surface area contributed by atoms with Gasteiger partial charge < -0.3 is 15.0 Å². The number of thiophene rings is 1. The number of amides is 2. The lowest BCUT2D eigenvalue weighted by atomic mass is 10.1. The first-order chi connectivity index (χ1) is 12.5. The van der Waals surface area contributed by atoms with Gasteiger partial charge in [-0.15, -0.1) is 11.3 Å². The molecule has 0 saturated heterocycles. The number of nitrogens with zero attached hydrogens (tertiary/aromatic N) is 1. The van der Waals surface area contributed by atoms with Crippen LogP contribution in [0, 0.1) is 0 Å². The summed E-state index contributed by atoms with van der Waals surface area (Å²) in [5, 5.41) is 4.78. The lowest BCUT2D eigenvalue weighted by molar-refractivity contribution is -0.121. The van der Waals surface area contributed by atoms with Crippen molar-refractivity contribution in [2.24, 2.45) is 0 Å².